The molecule has 0 fully saturated rings. The maximum atomic E-state index is 2.48. The molecule has 1 aliphatic rings. The van der Waals surface area contributed by atoms with Gasteiger partial charge in [-0.15, -0.1) is 0 Å². The van der Waals surface area contributed by atoms with Crippen LogP contribution in [0.2, 0.25) is 0 Å². The molecule has 0 aromatic heterocycles. The van der Waals surface area contributed by atoms with Crippen LogP contribution in [0.3, 0.4) is 0 Å². The van der Waals surface area contributed by atoms with Crippen LogP contribution in [-0.4, -0.2) is 23.4 Å². The zero-order chi connectivity index (χ0) is 9.68. The Bertz CT molecular complexity index is 182. The number of unbranched alkanes of at least 4 members (excludes halogenated alkanes) is 3. The summed E-state index contributed by atoms with van der Waals surface area (Å²) < 4.78 is 2.48. The van der Waals surface area contributed by atoms with Crippen LogP contribution in [0, 0.1) is 0 Å². The van der Waals surface area contributed by atoms with E-state index in [1.165, 1.54) is 44.9 Å². The Hall–Kier alpha value is -0.330. The highest BCUT2D eigenvalue weighted by molar-refractivity contribution is 5.91. The van der Waals surface area contributed by atoms with Gasteiger partial charge in [0.05, 0.1) is 0 Å². The molecule has 13 heavy (non-hydrogen) atoms. The summed E-state index contributed by atoms with van der Waals surface area (Å²) in [5.41, 5.74) is 1.72. The molecule has 0 bridgehead atoms. The van der Waals surface area contributed by atoms with Gasteiger partial charge in [0.25, 0.3) is 0 Å². The SMILES string of the molecule is CCCCCC1=[N+](C)C1CCCC. The first kappa shape index (κ1) is 10.7. The Labute approximate surface area is 82.9 Å². The van der Waals surface area contributed by atoms with Crippen molar-refractivity contribution >= 4 is 5.71 Å². The fraction of sp³-hybridized carbons (Fsp3) is 0.917. The van der Waals surface area contributed by atoms with E-state index in [1.54, 1.807) is 5.71 Å². The van der Waals surface area contributed by atoms with E-state index in [4.69, 9.17) is 0 Å². The minimum absolute atomic E-state index is 0.858. The number of rotatable bonds is 7. The fourth-order valence-electron chi connectivity index (χ4n) is 2.06. The van der Waals surface area contributed by atoms with Crippen molar-refractivity contribution in [1.82, 2.24) is 0 Å². The lowest BCUT2D eigenvalue weighted by Gasteiger charge is -1.90. The highest BCUT2D eigenvalue weighted by atomic mass is 15.2. The van der Waals surface area contributed by atoms with Gasteiger partial charge in [-0.3, -0.25) is 0 Å². The minimum Gasteiger partial charge on any atom is -0.221 e. The molecule has 1 aliphatic heterocycles. The molecule has 0 amide bonds. The summed E-state index contributed by atoms with van der Waals surface area (Å²) in [5.74, 6) is 0. The lowest BCUT2D eigenvalue weighted by Crippen LogP contribution is -2.00. The Morgan fingerprint density at radius 1 is 1.08 bits per heavy atom. The fourth-order valence-corrected chi connectivity index (χ4v) is 2.06. The zero-order valence-electron chi connectivity index (χ0n) is 9.47. The Balaban J connectivity index is 2.07. The van der Waals surface area contributed by atoms with Gasteiger partial charge in [0.2, 0.25) is 11.8 Å². The van der Waals surface area contributed by atoms with E-state index < -0.39 is 0 Å². The normalized spacial score (nSPS) is 21.0. The summed E-state index contributed by atoms with van der Waals surface area (Å²) in [6.45, 7) is 4.55. The van der Waals surface area contributed by atoms with Gasteiger partial charge in [0, 0.05) is 12.8 Å². The van der Waals surface area contributed by atoms with E-state index >= 15 is 0 Å². The molecular formula is C12H24N+. The van der Waals surface area contributed by atoms with Crippen LogP contribution in [0.5, 0.6) is 0 Å². The second-order valence-electron chi connectivity index (χ2n) is 4.22. The summed E-state index contributed by atoms with van der Waals surface area (Å²) in [4.78, 5) is 0. The summed E-state index contributed by atoms with van der Waals surface area (Å²) >= 11 is 0. The van der Waals surface area contributed by atoms with E-state index in [0.29, 0.717) is 0 Å². The second kappa shape index (κ2) is 5.41. The maximum Gasteiger partial charge on any atom is 0.231 e. The van der Waals surface area contributed by atoms with Crippen molar-refractivity contribution in [2.45, 2.75) is 64.8 Å². The van der Waals surface area contributed by atoms with E-state index in [1.807, 2.05) is 0 Å². The number of hydrogen-bond acceptors (Lipinski definition) is 0. The summed E-state index contributed by atoms with van der Waals surface area (Å²) in [6.07, 6.45) is 9.64. The predicted molar refractivity (Wildman–Crippen MR) is 58.6 cm³/mol. The quantitative estimate of drug-likeness (QED) is 0.420. The van der Waals surface area contributed by atoms with Gasteiger partial charge in [0.15, 0.2) is 0 Å². The van der Waals surface area contributed by atoms with Crippen molar-refractivity contribution in [2.75, 3.05) is 7.05 Å². The van der Waals surface area contributed by atoms with Crippen LogP contribution in [-0.2, 0) is 0 Å². The summed E-state index contributed by atoms with van der Waals surface area (Å²) in [5, 5.41) is 0. The molecule has 0 spiro atoms. The predicted octanol–water partition coefficient (Wildman–Crippen LogP) is 3.22. The van der Waals surface area contributed by atoms with E-state index in [9.17, 15) is 0 Å². The highest BCUT2D eigenvalue weighted by Gasteiger charge is 2.43. The first-order valence-corrected chi connectivity index (χ1v) is 5.89. The molecule has 0 aliphatic carbocycles. The summed E-state index contributed by atoms with van der Waals surface area (Å²) in [7, 11) is 2.25. The molecule has 0 aromatic rings. The molecule has 1 heteroatoms. The maximum absolute atomic E-state index is 2.48. The average Bonchev–Trinajstić information content (AvgIpc) is 2.74. The molecule has 1 nitrogen and oxygen atoms in total. The van der Waals surface area contributed by atoms with Crippen molar-refractivity contribution in [3.8, 4) is 0 Å². The molecule has 76 valence electrons. The topological polar surface area (TPSA) is 3.01 Å². The monoisotopic (exact) mass is 182 g/mol. The van der Waals surface area contributed by atoms with Gasteiger partial charge >= 0.3 is 0 Å². The van der Waals surface area contributed by atoms with Crippen molar-refractivity contribution < 1.29 is 4.58 Å². The lowest BCUT2D eigenvalue weighted by atomic mass is 10.1. The van der Waals surface area contributed by atoms with E-state index in [0.717, 1.165) is 6.04 Å². The van der Waals surface area contributed by atoms with Crippen molar-refractivity contribution in [3.63, 3.8) is 0 Å². The average molecular weight is 182 g/mol. The van der Waals surface area contributed by atoms with E-state index in [-0.39, 0.29) is 0 Å². The van der Waals surface area contributed by atoms with Gasteiger partial charge < -0.3 is 0 Å². The van der Waals surface area contributed by atoms with Gasteiger partial charge in [-0.25, -0.2) is 4.58 Å². The lowest BCUT2D eigenvalue weighted by molar-refractivity contribution is -0.438. The molecule has 1 rings (SSSR count). The van der Waals surface area contributed by atoms with Gasteiger partial charge in [-0.1, -0.05) is 33.1 Å². The molecule has 0 N–H and O–H groups in total. The van der Waals surface area contributed by atoms with Crippen LogP contribution in [0.15, 0.2) is 0 Å². The van der Waals surface area contributed by atoms with Crippen molar-refractivity contribution in [1.29, 1.82) is 0 Å². The van der Waals surface area contributed by atoms with Crippen molar-refractivity contribution in [2.24, 2.45) is 0 Å². The smallest absolute Gasteiger partial charge is 0.221 e. The van der Waals surface area contributed by atoms with Gasteiger partial charge in [0.1, 0.15) is 7.05 Å². The minimum atomic E-state index is 0.858. The molecule has 1 atom stereocenters. The Kier molecular flexibility index (Phi) is 4.47. The van der Waals surface area contributed by atoms with E-state index in [2.05, 4.69) is 25.5 Å². The third kappa shape index (κ3) is 3.13. The molecule has 0 aromatic carbocycles. The second-order valence-corrected chi connectivity index (χ2v) is 4.22. The highest BCUT2D eigenvalue weighted by Crippen LogP contribution is 2.21. The largest absolute Gasteiger partial charge is 0.231 e. The third-order valence-corrected chi connectivity index (χ3v) is 3.11. The van der Waals surface area contributed by atoms with Crippen molar-refractivity contribution in [3.05, 3.63) is 0 Å². The first-order chi connectivity index (χ1) is 6.31. The van der Waals surface area contributed by atoms with Gasteiger partial charge in [-0.2, -0.15) is 0 Å². The Morgan fingerprint density at radius 2 is 1.77 bits per heavy atom. The van der Waals surface area contributed by atoms with Crippen LogP contribution < -0.4 is 0 Å². The number of nitrogens with zero attached hydrogens (tertiary/aromatic N) is 1. The molecule has 0 saturated heterocycles. The zero-order valence-corrected chi connectivity index (χ0v) is 9.47. The molecule has 1 unspecified atom stereocenters. The Morgan fingerprint density at radius 3 is 2.38 bits per heavy atom. The molecular weight excluding hydrogens is 158 g/mol. The number of hydrogen-bond donors (Lipinski definition) is 0. The van der Waals surface area contributed by atoms with Crippen LogP contribution in [0.25, 0.3) is 0 Å². The molecule has 0 radical (unpaired) electrons. The van der Waals surface area contributed by atoms with Gasteiger partial charge in [-0.05, 0) is 12.8 Å². The first-order valence-electron chi connectivity index (χ1n) is 5.89. The molecule has 1 heterocycles. The molecule has 0 saturated carbocycles. The van der Waals surface area contributed by atoms with Crippen LogP contribution in [0.4, 0.5) is 0 Å². The summed E-state index contributed by atoms with van der Waals surface area (Å²) in [6, 6.07) is 0.858. The standard InChI is InChI=1S/C12H24N/c1-4-6-8-10-12-11(13(12)3)9-7-5-2/h11H,4-10H2,1-3H3/q+1. The van der Waals surface area contributed by atoms with Crippen LogP contribution in [0.1, 0.15) is 58.8 Å². The third-order valence-electron chi connectivity index (χ3n) is 3.11. The van der Waals surface area contributed by atoms with Crippen LogP contribution >= 0.6 is 0 Å².